The van der Waals surface area contributed by atoms with Crippen LogP contribution in [0.1, 0.15) is 24.2 Å². The van der Waals surface area contributed by atoms with Gasteiger partial charge in [-0.05, 0) is 25.3 Å². The van der Waals surface area contributed by atoms with Crippen molar-refractivity contribution in [2.45, 2.75) is 20.0 Å². The number of anilines is 1. The number of hydrogen-bond acceptors (Lipinski definition) is 3. The smallest absolute Gasteiger partial charge is 0.340 e. The molecule has 0 spiro atoms. The molecule has 0 bridgehead atoms. The Labute approximate surface area is 114 Å². The first-order valence-electron chi connectivity index (χ1n) is 5.68. The SMILES string of the molecule is CC(C)OC(=O)c1cc(Br)c2ccccc2c1N. The van der Waals surface area contributed by atoms with Crippen molar-refractivity contribution in [1.29, 1.82) is 0 Å². The molecule has 0 unspecified atom stereocenters. The number of fused-ring (bicyclic) bond motifs is 1. The van der Waals surface area contributed by atoms with Crippen LogP contribution in [-0.2, 0) is 4.74 Å². The van der Waals surface area contributed by atoms with Crippen molar-refractivity contribution in [3.8, 4) is 0 Å². The number of halogens is 1. The Bertz CT molecular complexity index is 608. The predicted molar refractivity (Wildman–Crippen MR) is 76.6 cm³/mol. The summed E-state index contributed by atoms with van der Waals surface area (Å²) in [6.45, 7) is 3.62. The van der Waals surface area contributed by atoms with Crippen molar-refractivity contribution in [2.75, 3.05) is 5.73 Å². The summed E-state index contributed by atoms with van der Waals surface area (Å²) in [7, 11) is 0. The van der Waals surface area contributed by atoms with E-state index in [-0.39, 0.29) is 6.10 Å². The minimum atomic E-state index is -0.394. The molecule has 2 aromatic carbocycles. The molecule has 94 valence electrons. The molecule has 3 nitrogen and oxygen atoms in total. The lowest BCUT2D eigenvalue weighted by Crippen LogP contribution is -2.13. The Hall–Kier alpha value is -1.55. The van der Waals surface area contributed by atoms with E-state index in [4.69, 9.17) is 10.5 Å². The van der Waals surface area contributed by atoms with Crippen LogP contribution in [0.4, 0.5) is 5.69 Å². The summed E-state index contributed by atoms with van der Waals surface area (Å²) >= 11 is 3.45. The molecule has 0 fully saturated rings. The van der Waals surface area contributed by atoms with E-state index < -0.39 is 5.97 Å². The number of esters is 1. The van der Waals surface area contributed by atoms with Crippen LogP contribution in [0, 0.1) is 0 Å². The van der Waals surface area contributed by atoms with Crippen LogP contribution < -0.4 is 5.73 Å². The number of rotatable bonds is 2. The fraction of sp³-hybridized carbons (Fsp3) is 0.214. The second-order valence-corrected chi connectivity index (χ2v) is 5.17. The molecule has 2 rings (SSSR count). The molecule has 0 aliphatic carbocycles. The van der Waals surface area contributed by atoms with Crippen LogP contribution >= 0.6 is 15.9 Å². The minimum Gasteiger partial charge on any atom is -0.459 e. The van der Waals surface area contributed by atoms with E-state index in [1.807, 2.05) is 38.1 Å². The molecule has 4 heteroatoms. The summed E-state index contributed by atoms with van der Waals surface area (Å²) in [6, 6.07) is 9.37. The average Bonchev–Trinajstić information content (AvgIpc) is 2.33. The number of ether oxygens (including phenoxy) is 1. The molecular formula is C14H14BrNO2. The van der Waals surface area contributed by atoms with Crippen molar-refractivity contribution in [3.05, 3.63) is 40.4 Å². The van der Waals surface area contributed by atoms with E-state index in [1.54, 1.807) is 6.07 Å². The Kier molecular flexibility index (Phi) is 3.57. The normalized spacial score (nSPS) is 10.9. The van der Waals surface area contributed by atoms with E-state index in [9.17, 15) is 4.79 Å². The van der Waals surface area contributed by atoms with Gasteiger partial charge < -0.3 is 10.5 Å². The lowest BCUT2D eigenvalue weighted by atomic mass is 10.0. The van der Waals surface area contributed by atoms with E-state index in [1.165, 1.54) is 0 Å². The summed E-state index contributed by atoms with van der Waals surface area (Å²) in [5, 5.41) is 1.83. The Morgan fingerprint density at radius 3 is 2.50 bits per heavy atom. The number of carbonyl (C=O) groups is 1. The van der Waals surface area contributed by atoms with Crippen molar-refractivity contribution >= 4 is 38.4 Å². The summed E-state index contributed by atoms with van der Waals surface area (Å²) in [6.07, 6.45) is -0.165. The van der Waals surface area contributed by atoms with Crippen molar-refractivity contribution < 1.29 is 9.53 Å². The van der Waals surface area contributed by atoms with Gasteiger partial charge in [-0.3, -0.25) is 0 Å². The van der Waals surface area contributed by atoms with Gasteiger partial charge in [0.2, 0.25) is 0 Å². The molecule has 0 heterocycles. The van der Waals surface area contributed by atoms with Gasteiger partial charge in [-0.1, -0.05) is 40.2 Å². The summed E-state index contributed by atoms with van der Waals surface area (Å²) in [5.41, 5.74) is 6.90. The quantitative estimate of drug-likeness (QED) is 0.679. The van der Waals surface area contributed by atoms with E-state index >= 15 is 0 Å². The maximum absolute atomic E-state index is 11.9. The van der Waals surface area contributed by atoms with Crippen LogP contribution in [0.2, 0.25) is 0 Å². The molecule has 0 radical (unpaired) electrons. The molecule has 0 atom stereocenters. The largest absolute Gasteiger partial charge is 0.459 e. The minimum absolute atomic E-state index is 0.165. The molecule has 2 aromatic rings. The average molecular weight is 308 g/mol. The lowest BCUT2D eigenvalue weighted by Gasteiger charge is -2.12. The fourth-order valence-electron chi connectivity index (χ4n) is 1.80. The Morgan fingerprint density at radius 1 is 1.28 bits per heavy atom. The number of benzene rings is 2. The molecule has 0 aliphatic heterocycles. The van der Waals surface area contributed by atoms with Gasteiger partial charge in [-0.15, -0.1) is 0 Å². The first kappa shape index (κ1) is 12.9. The lowest BCUT2D eigenvalue weighted by molar-refractivity contribution is 0.0379. The van der Waals surface area contributed by atoms with Crippen molar-refractivity contribution in [2.24, 2.45) is 0 Å². The molecule has 0 aliphatic rings. The Morgan fingerprint density at radius 2 is 1.89 bits per heavy atom. The van der Waals surface area contributed by atoms with Crippen LogP contribution in [0.5, 0.6) is 0 Å². The Balaban J connectivity index is 2.59. The van der Waals surface area contributed by atoms with Gasteiger partial charge >= 0.3 is 5.97 Å². The third kappa shape index (κ3) is 2.34. The van der Waals surface area contributed by atoms with Crippen LogP contribution in [-0.4, -0.2) is 12.1 Å². The van der Waals surface area contributed by atoms with Gasteiger partial charge in [0.25, 0.3) is 0 Å². The maximum atomic E-state index is 11.9. The predicted octanol–water partition coefficient (Wildman–Crippen LogP) is 3.75. The molecule has 0 amide bonds. The fourth-order valence-corrected chi connectivity index (χ4v) is 2.37. The monoisotopic (exact) mass is 307 g/mol. The number of carbonyl (C=O) groups excluding carboxylic acids is 1. The first-order valence-corrected chi connectivity index (χ1v) is 6.47. The number of nitrogen functional groups attached to an aromatic ring is 1. The zero-order valence-corrected chi connectivity index (χ0v) is 11.8. The highest BCUT2D eigenvalue weighted by atomic mass is 79.9. The standard InChI is InChI=1S/C14H14BrNO2/c1-8(2)18-14(17)11-7-12(15)9-5-3-4-6-10(9)13(11)16/h3-8H,16H2,1-2H3. The molecule has 0 saturated carbocycles. The van der Waals surface area contributed by atoms with Gasteiger partial charge in [-0.25, -0.2) is 4.79 Å². The van der Waals surface area contributed by atoms with Gasteiger partial charge in [0, 0.05) is 9.86 Å². The molecule has 2 N–H and O–H groups in total. The highest BCUT2D eigenvalue weighted by molar-refractivity contribution is 9.10. The zero-order chi connectivity index (χ0) is 13.3. The van der Waals surface area contributed by atoms with Gasteiger partial charge in [0.15, 0.2) is 0 Å². The third-order valence-electron chi connectivity index (χ3n) is 2.60. The van der Waals surface area contributed by atoms with Gasteiger partial charge in [0.05, 0.1) is 17.4 Å². The highest BCUT2D eigenvalue weighted by Crippen LogP contribution is 2.32. The van der Waals surface area contributed by atoms with Crippen LogP contribution in [0.3, 0.4) is 0 Å². The third-order valence-corrected chi connectivity index (χ3v) is 3.25. The summed E-state index contributed by atoms with van der Waals surface area (Å²) in [4.78, 5) is 11.9. The molecule has 0 aromatic heterocycles. The number of nitrogens with two attached hydrogens (primary N) is 1. The highest BCUT2D eigenvalue weighted by Gasteiger charge is 2.16. The molecule has 18 heavy (non-hydrogen) atoms. The topological polar surface area (TPSA) is 52.3 Å². The number of hydrogen-bond donors (Lipinski definition) is 1. The van der Waals surface area contributed by atoms with E-state index in [0.717, 1.165) is 15.2 Å². The second-order valence-electron chi connectivity index (χ2n) is 4.32. The maximum Gasteiger partial charge on any atom is 0.340 e. The van der Waals surface area contributed by atoms with Crippen molar-refractivity contribution in [3.63, 3.8) is 0 Å². The van der Waals surface area contributed by atoms with E-state index in [2.05, 4.69) is 15.9 Å². The van der Waals surface area contributed by atoms with Gasteiger partial charge in [-0.2, -0.15) is 0 Å². The first-order chi connectivity index (χ1) is 8.50. The zero-order valence-electron chi connectivity index (χ0n) is 10.2. The van der Waals surface area contributed by atoms with Gasteiger partial charge in [0.1, 0.15) is 0 Å². The summed E-state index contributed by atoms with van der Waals surface area (Å²) in [5.74, 6) is -0.394. The van der Waals surface area contributed by atoms with Crippen LogP contribution in [0.15, 0.2) is 34.8 Å². The van der Waals surface area contributed by atoms with Crippen LogP contribution in [0.25, 0.3) is 10.8 Å². The van der Waals surface area contributed by atoms with E-state index in [0.29, 0.717) is 11.3 Å². The summed E-state index contributed by atoms with van der Waals surface area (Å²) < 4.78 is 6.02. The molecule has 0 saturated heterocycles. The van der Waals surface area contributed by atoms with Crippen molar-refractivity contribution in [1.82, 2.24) is 0 Å². The second kappa shape index (κ2) is 4.98. The molecular weight excluding hydrogens is 294 g/mol.